The first-order valence-electron chi connectivity index (χ1n) is 4.35. The number of carbonyl (C=O) groups is 1. The maximum absolute atomic E-state index is 11.0. The van der Waals surface area contributed by atoms with Crippen LogP contribution in [0.2, 0.25) is 0 Å². The first-order valence-corrected chi connectivity index (χ1v) is 4.35. The van der Waals surface area contributed by atoms with Crippen molar-refractivity contribution in [3.63, 3.8) is 0 Å². The van der Waals surface area contributed by atoms with Crippen LogP contribution in [-0.4, -0.2) is 19.0 Å². The number of hydrogen-bond donors (Lipinski definition) is 3. The van der Waals surface area contributed by atoms with Crippen molar-refractivity contribution in [2.45, 2.75) is 6.92 Å². The number of benzene rings is 1. The maximum atomic E-state index is 11.0. The molecule has 0 bridgehead atoms. The van der Waals surface area contributed by atoms with Crippen molar-refractivity contribution in [3.05, 3.63) is 29.3 Å². The van der Waals surface area contributed by atoms with Crippen LogP contribution < -0.4 is 11.1 Å². The quantitative estimate of drug-likeness (QED) is 0.506. The molecule has 0 fully saturated rings. The Kier molecular flexibility index (Phi) is 3.28. The van der Waals surface area contributed by atoms with Gasteiger partial charge in [0.05, 0.1) is 12.8 Å². The van der Waals surface area contributed by atoms with Gasteiger partial charge in [0, 0.05) is 5.56 Å². The molecule has 0 aromatic heterocycles. The highest BCUT2D eigenvalue weighted by Gasteiger charge is 2.10. The van der Waals surface area contributed by atoms with E-state index in [4.69, 9.17) is 11.1 Å². The summed E-state index contributed by atoms with van der Waals surface area (Å²) in [6.07, 6.45) is -0.580. The second kappa shape index (κ2) is 4.45. The Balaban J connectivity index is 3.11. The van der Waals surface area contributed by atoms with E-state index in [9.17, 15) is 4.79 Å². The topological polar surface area (TPSA) is 88.2 Å². The Hall–Kier alpha value is -2.04. The van der Waals surface area contributed by atoms with E-state index in [1.54, 1.807) is 12.1 Å². The van der Waals surface area contributed by atoms with Crippen molar-refractivity contribution in [2.24, 2.45) is 5.73 Å². The number of methoxy groups -OCH3 is 1. The van der Waals surface area contributed by atoms with Crippen molar-refractivity contribution >= 4 is 17.6 Å². The number of aryl methyl sites for hydroxylation is 1. The molecule has 5 heteroatoms. The summed E-state index contributed by atoms with van der Waals surface area (Å²) in [5, 5.41) is 9.90. The van der Waals surface area contributed by atoms with Gasteiger partial charge in [0.25, 0.3) is 0 Å². The smallest absolute Gasteiger partial charge is 0.411 e. The minimum atomic E-state index is -0.580. The van der Waals surface area contributed by atoms with Crippen molar-refractivity contribution in [2.75, 3.05) is 12.4 Å². The van der Waals surface area contributed by atoms with Crippen LogP contribution >= 0.6 is 0 Å². The Morgan fingerprint density at radius 2 is 2.20 bits per heavy atom. The Labute approximate surface area is 87.7 Å². The van der Waals surface area contributed by atoms with Crippen molar-refractivity contribution in [1.82, 2.24) is 0 Å². The molecule has 1 aromatic rings. The van der Waals surface area contributed by atoms with E-state index in [1.165, 1.54) is 7.11 Å². The highest BCUT2D eigenvalue weighted by molar-refractivity contribution is 6.04. The summed E-state index contributed by atoms with van der Waals surface area (Å²) in [6.45, 7) is 1.82. The van der Waals surface area contributed by atoms with Gasteiger partial charge in [-0.1, -0.05) is 12.1 Å². The summed E-state index contributed by atoms with van der Waals surface area (Å²) in [5.74, 6) is -0.0838. The number of nitrogens with two attached hydrogens (primary N) is 1. The number of nitrogens with one attached hydrogen (secondary N) is 2. The van der Waals surface area contributed by atoms with Crippen LogP contribution in [0, 0.1) is 12.3 Å². The molecular weight excluding hydrogens is 194 g/mol. The summed E-state index contributed by atoms with van der Waals surface area (Å²) >= 11 is 0. The third-order valence-electron chi connectivity index (χ3n) is 1.96. The number of amides is 1. The van der Waals surface area contributed by atoms with Crippen LogP contribution in [0.15, 0.2) is 18.2 Å². The number of anilines is 1. The molecule has 0 aliphatic rings. The van der Waals surface area contributed by atoms with Crippen LogP contribution in [0.5, 0.6) is 0 Å². The summed E-state index contributed by atoms with van der Waals surface area (Å²) in [4.78, 5) is 11.0. The molecule has 80 valence electrons. The molecule has 0 saturated carbocycles. The number of ether oxygens (including phenoxy) is 1. The van der Waals surface area contributed by atoms with E-state index in [-0.39, 0.29) is 5.84 Å². The van der Waals surface area contributed by atoms with Crippen LogP contribution in [-0.2, 0) is 4.74 Å². The summed E-state index contributed by atoms with van der Waals surface area (Å²) in [7, 11) is 1.28. The van der Waals surface area contributed by atoms with Crippen LogP contribution in [0.4, 0.5) is 10.5 Å². The SMILES string of the molecule is COC(=O)Nc1cccc(C)c1C(=N)N. The maximum Gasteiger partial charge on any atom is 0.411 e. The molecule has 0 unspecified atom stereocenters. The summed E-state index contributed by atoms with van der Waals surface area (Å²) in [6, 6.07) is 5.26. The average Bonchev–Trinajstić information content (AvgIpc) is 2.17. The van der Waals surface area contributed by atoms with Gasteiger partial charge in [-0.3, -0.25) is 10.7 Å². The Morgan fingerprint density at radius 3 is 2.73 bits per heavy atom. The first-order chi connectivity index (χ1) is 7.06. The zero-order chi connectivity index (χ0) is 11.4. The number of rotatable bonds is 2. The average molecular weight is 207 g/mol. The minimum absolute atomic E-state index is 0.0838. The minimum Gasteiger partial charge on any atom is -0.453 e. The predicted octanol–water partition coefficient (Wildman–Crippen LogP) is 1.46. The van der Waals surface area contributed by atoms with Gasteiger partial charge in [-0.05, 0) is 18.6 Å². The zero-order valence-corrected chi connectivity index (χ0v) is 8.63. The fourth-order valence-corrected chi connectivity index (χ4v) is 1.29. The third-order valence-corrected chi connectivity index (χ3v) is 1.96. The molecule has 1 aromatic carbocycles. The predicted molar refractivity (Wildman–Crippen MR) is 58.2 cm³/mol. The van der Waals surface area contributed by atoms with E-state index in [0.717, 1.165) is 5.56 Å². The van der Waals surface area contributed by atoms with Crippen molar-refractivity contribution in [1.29, 1.82) is 5.41 Å². The largest absolute Gasteiger partial charge is 0.453 e. The lowest BCUT2D eigenvalue weighted by atomic mass is 10.1. The third kappa shape index (κ3) is 2.46. The molecule has 1 rings (SSSR count). The van der Waals surface area contributed by atoms with Gasteiger partial charge < -0.3 is 10.5 Å². The lowest BCUT2D eigenvalue weighted by molar-refractivity contribution is 0.187. The van der Waals surface area contributed by atoms with Gasteiger partial charge in [0.15, 0.2) is 0 Å². The normalized spacial score (nSPS) is 9.47. The zero-order valence-electron chi connectivity index (χ0n) is 8.63. The van der Waals surface area contributed by atoms with Gasteiger partial charge >= 0.3 is 6.09 Å². The van der Waals surface area contributed by atoms with Crippen molar-refractivity contribution < 1.29 is 9.53 Å². The number of amidine groups is 1. The van der Waals surface area contributed by atoms with E-state index in [1.807, 2.05) is 13.0 Å². The first kappa shape index (κ1) is 11.0. The van der Waals surface area contributed by atoms with Crippen LogP contribution in [0.1, 0.15) is 11.1 Å². The molecule has 0 aliphatic carbocycles. The molecule has 0 aliphatic heterocycles. The number of nitrogen functional groups attached to an aromatic ring is 1. The standard InChI is InChI=1S/C10H13N3O2/c1-6-4-3-5-7(8(6)9(11)12)13-10(14)15-2/h3-5H,1-2H3,(H3,11,12)(H,13,14). The molecule has 0 heterocycles. The molecular formula is C10H13N3O2. The highest BCUT2D eigenvalue weighted by atomic mass is 16.5. The molecule has 15 heavy (non-hydrogen) atoms. The molecule has 0 saturated heterocycles. The fraction of sp³-hybridized carbons (Fsp3) is 0.200. The number of carbonyl (C=O) groups excluding carboxylic acids is 1. The van der Waals surface area contributed by atoms with Gasteiger partial charge in [-0.15, -0.1) is 0 Å². The molecule has 0 radical (unpaired) electrons. The molecule has 0 spiro atoms. The van der Waals surface area contributed by atoms with E-state index >= 15 is 0 Å². The van der Waals surface area contributed by atoms with E-state index < -0.39 is 6.09 Å². The molecule has 4 N–H and O–H groups in total. The molecule has 0 atom stereocenters. The van der Waals surface area contributed by atoms with Gasteiger partial charge in [-0.25, -0.2) is 4.79 Å². The molecule has 1 amide bonds. The second-order valence-electron chi connectivity index (χ2n) is 3.03. The molecule has 5 nitrogen and oxygen atoms in total. The number of hydrogen-bond acceptors (Lipinski definition) is 3. The highest BCUT2D eigenvalue weighted by Crippen LogP contribution is 2.18. The lowest BCUT2D eigenvalue weighted by Gasteiger charge is -2.11. The van der Waals surface area contributed by atoms with Gasteiger partial charge in [0.1, 0.15) is 5.84 Å². The summed E-state index contributed by atoms with van der Waals surface area (Å²) < 4.78 is 4.47. The van der Waals surface area contributed by atoms with E-state index in [0.29, 0.717) is 11.3 Å². The lowest BCUT2D eigenvalue weighted by Crippen LogP contribution is -2.19. The fourth-order valence-electron chi connectivity index (χ4n) is 1.29. The monoisotopic (exact) mass is 207 g/mol. The van der Waals surface area contributed by atoms with Gasteiger partial charge in [0.2, 0.25) is 0 Å². The van der Waals surface area contributed by atoms with E-state index in [2.05, 4.69) is 10.1 Å². The van der Waals surface area contributed by atoms with Crippen LogP contribution in [0.3, 0.4) is 0 Å². The Morgan fingerprint density at radius 1 is 1.53 bits per heavy atom. The van der Waals surface area contributed by atoms with Gasteiger partial charge in [-0.2, -0.15) is 0 Å². The second-order valence-corrected chi connectivity index (χ2v) is 3.03. The Bertz CT molecular complexity index is 402. The van der Waals surface area contributed by atoms with Crippen molar-refractivity contribution in [3.8, 4) is 0 Å². The summed E-state index contributed by atoms with van der Waals surface area (Å²) in [5.41, 5.74) is 7.25. The van der Waals surface area contributed by atoms with Crippen LogP contribution in [0.25, 0.3) is 0 Å².